The predicted molar refractivity (Wildman–Crippen MR) is 123 cm³/mol. The van der Waals surface area contributed by atoms with Crippen LogP contribution in [0.5, 0.6) is 0 Å². The molecule has 2 fully saturated rings. The molecule has 2 heterocycles. The molecule has 1 atom stereocenters. The molecule has 2 aromatic rings. The summed E-state index contributed by atoms with van der Waals surface area (Å²) in [4.78, 5) is 43.3. The summed E-state index contributed by atoms with van der Waals surface area (Å²) >= 11 is 0. The van der Waals surface area contributed by atoms with E-state index in [9.17, 15) is 18.8 Å². The Hall–Kier alpha value is -3.26. The Morgan fingerprint density at radius 1 is 0.970 bits per heavy atom. The van der Waals surface area contributed by atoms with Crippen LogP contribution < -0.4 is 5.32 Å². The van der Waals surface area contributed by atoms with Crippen molar-refractivity contribution in [1.29, 1.82) is 0 Å². The number of nitrogens with one attached hydrogen (secondary N) is 1. The molecular weight excluding hydrogens is 423 g/mol. The summed E-state index contributed by atoms with van der Waals surface area (Å²) in [5.41, 5.74) is 1.73. The third kappa shape index (κ3) is 6.16. The number of hydrogen-bond donors (Lipinski definition) is 1. The number of halogens is 1. The number of carbonyl (C=O) groups excluding carboxylic acids is 3. The molecule has 33 heavy (non-hydrogen) atoms. The van der Waals surface area contributed by atoms with E-state index < -0.39 is 0 Å². The molecule has 1 N–H and O–H groups in total. The summed E-state index contributed by atoms with van der Waals surface area (Å²) in [6.07, 6.45) is 1.06. The summed E-state index contributed by atoms with van der Waals surface area (Å²) in [5.74, 6) is -0.739. The van der Waals surface area contributed by atoms with Gasteiger partial charge >= 0.3 is 0 Å². The van der Waals surface area contributed by atoms with E-state index in [1.54, 1.807) is 4.90 Å². The highest BCUT2D eigenvalue weighted by molar-refractivity contribution is 5.92. The Labute approximate surface area is 193 Å². The fraction of sp³-hybridized carbons (Fsp3) is 0.400. The highest BCUT2D eigenvalue weighted by Gasteiger charge is 2.37. The van der Waals surface area contributed by atoms with E-state index in [2.05, 4.69) is 5.32 Å². The average Bonchev–Trinajstić information content (AvgIpc) is 3.20. The first-order valence-electron chi connectivity index (χ1n) is 11.4. The SMILES string of the molecule is O=C(CN1CCN(C(=O)C2CC(=O)N(CCc3ccccc3)C2)CC1)Nc1ccc(F)cc1. The molecule has 2 aliphatic rings. The number of anilines is 1. The van der Waals surface area contributed by atoms with Gasteiger partial charge in [-0.25, -0.2) is 4.39 Å². The quantitative estimate of drug-likeness (QED) is 0.698. The minimum atomic E-state index is -0.350. The molecule has 7 nitrogen and oxygen atoms in total. The Morgan fingerprint density at radius 3 is 2.36 bits per heavy atom. The second kappa shape index (κ2) is 10.6. The zero-order valence-electron chi connectivity index (χ0n) is 18.6. The maximum atomic E-state index is 13.0. The summed E-state index contributed by atoms with van der Waals surface area (Å²) in [5, 5.41) is 2.76. The van der Waals surface area contributed by atoms with Gasteiger partial charge in [-0.15, -0.1) is 0 Å². The van der Waals surface area contributed by atoms with E-state index >= 15 is 0 Å². The lowest BCUT2D eigenvalue weighted by atomic mass is 10.1. The molecule has 1 unspecified atom stereocenters. The normalized spacial score (nSPS) is 19.1. The first-order chi connectivity index (χ1) is 16.0. The molecule has 3 amide bonds. The van der Waals surface area contributed by atoms with Gasteiger partial charge in [-0.2, -0.15) is 0 Å². The van der Waals surface area contributed by atoms with E-state index in [1.807, 2.05) is 40.1 Å². The van der Waals surface area contributed by atoms with Gasteiger partial charge in [0, 0.05) is 51.4 Å². The van der Waals surface area contributed by atoms with Gasteiger partial charge in [0.25, 0.3) is 0 Å². The monoisotopic (exact) mass is 452 g/mol. The van der Waals surface area contributed by atoms with Crippen molar-refractivity contribution in [3.63, 3.8) is 0 Å². The van der Waals surface area contributed by atoms with Gasteiger partial charge in [-0.3, -0.25) is 19.3 Å². The van der Waals surface area contributed by atoms with Crippen LogP contribution in [-0.2, 0) is 20.8 Å². The molecule has 4 rings (SSSR count). The number of carbonyl (C=O) groups is 3. The van der Waals surface area contributed by atoms with Gasteiger partial charge in [0.05, 0.1) is 12.5 Å². The van der Waals surface area contributed by atoms with E-state index in [1.165, 1.54) is 29.8 Å². The van der Waals surface area contributed by atoms with Crippen LogP contribution in [0.4, 0.5) is 10.1 Å². The average molecular weight is 453 g/mol. The third-order valence-electron chi connectivity index (χ3n) is 6.26. The van der Waals surface area contributed by atoms with Crippen molar-refractivity contribution in [3.05, 3.63) is 66.0 Å². The number of rotatable bonds is 7. The molecule has 2 aromatic carbocycles. The molecule has 8 heteroatoms. The van der Waals surface area contributed by atoms with Crippen molar-refractivity contribution in [2.24, 2.45) is 5.92 Å². The predicted octanol–water partition coefficient (Wildman–Crippen LogP) is 2.00. The first kappa shape index (κ1) is 22.9. The van der Waals surface area contributed by atoms with E-state index in [4.69, 9.17) is 0 Å². The molecule has 0 aromatic heterocycles. The van der Waals surface area contributed by atoms with Gasteiger partial charge < -0.3 is 15.1 Å². The summed E-state index contributed by atoms with van der Waals surface area (Å²) in [6, 6.07) is 15.7. The lowest BCUT2D eigenvalue weighted by molar-refractivity contribution is -0.137. The number of likely N-dealkylation sites (tertiary alicyclic amines) is 1. The highest BCUT2D eigenvalue weighted by atomic mass is 19.1. The number of nitrogens with zero attached hydrogens (tertiary/aromatic N) is 3. The molecule has 0 aliphatic carbocycles. The van der Waals surface area contributed by atoms with Gasteiger partial charge in [0.2, 0.25) is 17.7 Å². The maximum Gasteiger partial charge on any atom is 0.238 e. The minimum absolute atomic E-state index is 0.0287. The van der Waals surface area contributed by atoms with Crippen molar-refractivity contribution in [1.82, 2.24) is 14.7 Å². The van der Waals surface area contributed by atoms with Gasteiger partial charge in [-0.05, 0) is 36.2 Å². The first-order valence-corrected chi connectivity index (χ1v) is 11.4. The Bertz CT molecular complexity index is 975. The maximum absolute atomic E-state index is 13.0. The molecule has 2 aliphatic heterocycles. The summed E-state index contributed by atoms with van der Waals surface area (Å²) in [6.45, 7) is 3.60. The van der Waals surface area contributed by atoms with Crippen molar-refractivity contribution in [3.8, 4) is 0 Å². The van der Waals surface area contributed by atoms with Crippen LogP contribution in [0.2, 0.25) is 0 Å². The van der Waals surface area contributed by atoms with Crippen LogP contribution >= 0.6 is 0 Å². The zero-order valence-corrected chi connectivity index (χ0v) is 18.6. The highest BCUT2D eigenvalue weighted by Crippen LogP contribution is 2.21. The number of amides is 3. The second-order valence-corrected chi connectivity index (χ2v) is 8.63. The zero-order chi connectivity index (χ0) is 23.2. The fourth-order valence-electron chi connectivity index (χ4n) is 4.38. The lowest BCUT2D eigenvalue weighted by Crippen LogP contribution is -2.52. The second-order valence-electron chi connectivity index (χ2n) is 8.63. The molecule has 174 valence electrons. The lowest BCUT2D eigenvalue weighted by Gasteiger charge is -2.35. The van der Waals surface area contributed by atoms with Crippen LogP contribution in [0.3, 0.4) is 0 Å². The Morgan fingerprint density at radius 2 is 1.67 bits per heavy atom. The van der Waals surface area contributed by atoms with Crippen LogP contribution in [0, 0.1) is 11.7 Å². The molecule has 0 bridgehead atoms. The number of piperazine rings is 1. The van der Waals surface area contributed by atoms with Gasteiger partial charge in [-0.1, -0.05) is 30.3 Å². The summed E-state index contributed by atoms with van der Waals surface area (Å²) < 4.78 is 13.0. The number of benzene rings is 2. The van der Waals surface area contributed by atoms with Gasteiger partial charge in [0.15, 0.2) is 0 Å². The Kier molecular flexibility index (Phi) is 7.34. The topological polar surface area (TPSA) is 73.0 Å². The van der Waals surface area contributed by atoms with E-state index in [0.29, 0.717) is 45.0 Å². The van der Waals surface area contributed by atoms with Crippen molar-refractivity contribution in [2.75, 3.05) is 51.1 Å². The Balaban J connectivity index is 1.20. The van der Waals surface area contributed by atoms with Crippen LogP contribution in [0.1, 0.15) is 12.0 Å². The fourth-order valence-corrected chi connectivity index (χ4v) is 4.38. The van der Waals surface area contributed by atoms with E-state index in [0.717, 1.165) is 6.42 Å². The van der Waals surface area contributed by atoms with Crippen LogP contribution in [0.25, 0.3) is 0 Å². The van der Waals surface area contributed by atoms with Crippen LogP contribution in [0.15, 0.2) is 54.6 Å². The van der Waals surface area contributed by atoms with Gasteiger partial charge in [0.1, 0.15) is 5.82 Å². The largest absolute Gasteiger partial charge is 0.342 e. The van der Waals surface area contributed by atoms with Crippen molar-refractivity contribution >= 4 is 23.4 Å². The van der Waals surface area contributed by atoms with Crippen molar-refractivity contribution in [2.45, 2.75) is 12.8 Å². The number of hydrogen-bond acceptors (Lipinski definition) is 4. The van der Waals surface area contributed by atoms with Crippen LogP contribution in [-0.4, -0.2) is 78.2 Å². The van der Waals surface area contributed by atoms with E-state index in [-0.39, 0.29) is 42.4 Å². The summed E-state index contributed by atoms with van der Waals surface area (Å²) in [7, 11) is 0. The third-order valence-corrected chi connectivity index (χ3v) is 6.26. The molecule has 2 saturated heterocycles. The molecule has 0 saturated carbocycles. The molecule has 0 radical (unpaired) electrons. The molecular formula is C25H29FN4O3. The molecule has 0 spiro atoms. The standard InChI is InChI=1S/C25H29FN4O3/c26-21-6-8-22(9-7-21)27-23(31)18-28-12-14-29(15-13-28)25(33)20-16-24(32)30(17-20)11-10-19-4-2-1-3-5-19/h1-9,20H,10-18H2,(H,27,31). The van der Waals surface area contributed by atoms with Crippen molar-refractivity contribution < 1.29 is 18.8 Å². The smallest absolute Gasteiger partial charge is 0.238 e. The minimum Gasteiger partial charge on any atom is -0.342 e.